The van der Waals surface area contributed by atoms with Crippen molar-refractivity contribution in [2.45, 2.75) is 51.7 Å². The lowest BCUT2D eigenvalue weighted by molar-refractivity contribution is -0.133. The van der Waals surface area contributed by atoms with Crippen LogP contribution in [-0.4, -0.2) is 46.7 Å². The highest BCUT2D eigenvalue weighted by atomic mass is 32.2. The molecule has 0 aliphatic heterocycles. The molecule has 2 aromatic rings. The van der Waals surface area contributed by atoms with E-state index in [2.05, 4.69) is 0 Å². The number of rotatable bonds is 10. The summed E-state index contributed by atoms with van der Waals surface area (Å²) in [5.41, 5.74) is 1.84. The molecule has 6 nitrogen and oxygen atoms in total. The first kappa shape index (κ1) is 22.3. The summed E-state index contributed by atoms with van der Waals surface area (Å²) in [6.45, 7) is 4.14. The number of aromatic nitrogens is 1. The van der Waals surface area contributed by atoms with Crippen LogP contribution in [0.5, 0.6) is 0 Å². The zero-order chi connectivity index (χ0) is 21.7. The highest BCUT2D eigenvalue weighted by Crippen LogP contribution is 2.29. The van der Waals surface area contributed by atoms with E-state index in [9.17, 15) is 13.2 Å². The minimum atomic E-state index is -3.74. The predicted molar refractivity (Wildman–Crippen MR) is 120 cm³/mol. The molecule has 1 aromatic carbocycles. The third-order valence-corrected chi connectivity index (χ3v) is 7.25. The van der Waals surface area contributed by atoms with Gasteiger partial charge in [-0.25, -0.2) is 8.42 Å². The lowest BCUT2D eigenvalue weighted by Gasteiger charge is -2.29. The van der Waals surface area contributed by atoms with E-state index >= 15 is 0 Å². The second kappa shape index (κ2) is 9.62. The number of benzene rings is 1. The number of sulfonamides is 1. The van der Waals surface area contributed by atoms with Gasteiger partial charge in [0.1, 0.15) is 0 Å². The smallest absolute Gasteiger partial charge is 0.238 e. The molecule has 1 fully saturated rings. The van der Waals surface area contributed by atoms with Crippen molar-refractivity contribution in [3.05, 3.63) is 65.3 Å². The molecule has 1 aliphatic rings. The topological polar surface area (TPSA) is 62.6 Å². The van der Waals surface area contributed by atoms with Crippen molar-refractivity contribution in [1.82, 2.24) is 13.8 Å². The summed E-state index contributed by atoms with van der Waals surface area (Å²) in [5.74, 6) is -0.143. The Kier molecular flexibility index (Phi) is 7.15. The monoisotopic (exact) mass is 429 g/mol. The van der Waals surface area contributed by atoms with Crippen LogP contribution in [0.15, 0.2) is 54.1 Å². The molecule has 1 atom stereocenters. The molecule has 0 N–H and O–H groups in total. The molecule has 1 saturated carbocycles. The first-order valence-electron chi connectivity index (χ1n) is 10.5. The molecule has 1 aliphatic carbocycles. The van der Waals surface area contributed by atoms with Gasteiger partial charge < -0.3 is 9.47 Å². The second-order valence-corrected chi connectivity index (χ2v) is 9.70. The van der Waals surface area contributed by atoms with Gasteiger partial charge in [0.2, 0.25) is 15.9 Å². The fraction of sp³-hybridized carbons (Fsp3) is 0.435. The van der Waals surface area contributed by atoms with Crippen LogP contribution in [0, 0.1) is 0 Å². The molecule has 3 rings (SSSR count). The van der Waals surface area contributed by atoms with Crippen LogP contribution in [0.25, 0.3) is 6.08 Å². The normalized spacial score (nSPS) is 15.6. The molecular weight excluding hydrogens is 398 g/mol. The van der Waals surface area contributed by atoms with Crippen molar-refractivity contribution in [2.75, 3.05) is 6.54 Å². The average molecular weight is 430 g/mol. The Morgan fingerprint density at radius 3 is 2.47 bits per heavy atom. The fourth-order valence-electron chi connectivity index (χ4n) is 3.37. The van der Waals surface area contributed by atoms with Crippen molar-refractivity contribution in [3.8, 4) is 0 Å². The molecule has 1 heterocycles. The summed E-state index contributed by atoms with van der Waals surface area (Å²) in [4.78, 5) is 15.0. The maximum absolute atomic E-state index is 13.2. The Bertz CT molecular complexity index is 978. The molecule has 0 radical (unpaired) electrons. The lowest BCUT2D eigenvalue weighted by Crippen LogP contribution is -2.46. The Balaban J connectivity index is 1.78. The average Bonchev–Trinajstić information content (AvgIpc) is 3.50. The van der Waals surface area contributed by atoms with Gasteiger partial charge >= 0.3 is 0 Å². The van der Waals surface area contributed by atoms with Gasteiger partial charge in [0, 0.05) is 36.4 Å². The molecule has 0 saturated heterocycles. The zero-order valence-corrected chi connectivity index (χ0v) is 18.8. The molecular formula is C23H31N3O3S. The summed E-state index contributed by atoms with van der Waals surface area (Å²) in [6, 6.07) is 13.2. The van der Waals surface area contributed by atoms with Crippen molar-refractivity contribution in [2.24, 2.45) is 7.05 Å². The summed E-state index contributed by atoms with van der Waals surface area (Å²) in [7, 11) is -1.78. The van der Waals surface area contributed by atoms with Gasteiger partial charge in [-0.2, -0.15) is 4.31 Å². The van der Waals surface area contributed by atoms with Crippen LogP contribution in [-0.2, 0) is 28.4 Å². The summed E-state index contributed by atoms with van der Waals surface area (Å²) >= 11 is 0. The molecule has 0 spiro atoms. The summed E-state index contributed by atoms with van der Waals surface area (Å²) in [5, 5.41) is 1.21. The SMILES string of the molecule is CCC(C)N(CC(=O)N(Cc1cccn1C)C1CC1)S(=O)(=O)/C=C/c1ccccc1. The highest BCUT2D eigenvalue weighted by molar-refractivity contribution is 7.92. The quantitative estimate of drug-likeness (QED) is 0.580. The van der Waals surface area contributed by atoms with E-state index in [0.717, 1.165) is 24.1 Å². The van der Waals surface area contributed by atoms with Crippen LogP contribution >= 0.6 is 0 Å². The largest absolute Gasteiger partial charge is 0.353 e. The standard InChI is InChI=1S/C23H31N3O3S/c1-4-19(2)26(30(28,29)16-14-20-9-6-5-7-10-20)18-23(27)25(21-12-13-21)17-22-11-8-15-24(22)3/h5-11,14-16,19,21H,4,12-13,17-18H2,1-3H3/b16-14+. The van der Waals surface area contributed by atoms with Gasteiger partial charge in [-0.1, -0.05) is 37.3 Å². The summed E-state index contributed by atoms with van der Waals surface area (Å²) in [6.07, 6.45) is 6.11. The van der Waals surface area contributed by atoms with Gasteiger partial charge in [-0.3, -0.25) is 4.79 Å². The van der Waals surface area contributed by atoms with Gasteiger partial charge in [0.05, 0.1) is 13.1 Å². The van der Waals surface area contributed by atoms with Crippen molar-refractivity contribution < 1.29 is 13.2 Å². The Morgan fingerprint density at radius 1 is 1.20 bits per heavy atom. The zero-order valence-electron chi connectivity index (χ0n) is 17.9. The molecule has 1 unspecified atom stereocenters. The van der Waals surface area contributed by atoms with E-state index in [0.29, 0.717) is 13.0 Å². The Labute approximate surface area is 179 Å². The van der Waals surface area contributed by atoms with E-state index < -0.39 is 10.0 Å². The molecule has 1 amide bonds. The van der Waals surface area contributed by atoms with Gasteiger partial charge in [-0.15, -0.1) is 0 Å². The molecule has 1 aromatic heterocycles. The Morgan fingerprint density at radius 2 is 1.90 bits per heavy atom. The number of carbonyl (C=O) groups excluding carboxylic acids is 1. The first-order valence-corrected chi connectivity index (χ1v) is 12.0. The number of amides is 1. The maximum atomic E-state index is 13.2. The van der Waals surface area contributed by atoms with Gasteiger partial charge in [0.15, 0.2) is 0 Å². The molecule has 162 valence electrons. The fourth-order valence-corrected chi connectivity index (χ4v) is 4.80. The van der Waals surface area contributed by atoms with E-state index in [1.807, 2.05) is 79.0 Å². The van der Waals surface area contributed by atoms with E-state index in [1.165, 1.54) is 9.71 Å². The first-order chi connectivity index (χ1) is 14.3. The van der Waals surface area contributed by atoms with Crippen molar-refractivity contribution in [1.29, 1.82) is 0 Å². The molecule has 0 bridgehead atoms. The number of carbonyl (C=O) groups is 1. The lowest BCUT2D eigenvalue weighted by atomic mass is 10.2. The van der Waals surface area contributed by atoms with E-state index in [4.69, 9.17) is 0 Å². The number of nitrogens with zero attached hydrogens (tertiary/aromatic N) is 3. The van der Waals surface area contributed by atoms with Crippen LogP contribution < -0.4 is 0 Å². The van der Waals surface area contributed by atoms with E-state index in [-0.39, 0.29) is 24.5 Å². The number of hydrogen-bond donors (Lipinski definition) is 0. The van der Waals surface area contributed by atoms with Crippen LogP contribution in [0.1, 0.15) is 44.4 Å². The van der Waals surface area contributed by atoms with E-state index in [1.54, 1.807) is 6.08 Å². The Hall–Kier alpha value is -2.38. The molecule has 7 heteroatoms. The second-order valence-electron chi connectivity index (χ2n) is 7.92. The van der Waals surface area contributed by atoms with Crippen LogP contribution in [0.3, 0.4) is 0 Å². The van der Waals surface area contributed by atoms with Gasteiger partial charge in [0.25, 0.3) is 0 Å². The minimum Gasteiger partial charge on any atom is -0.353 e. The minimum absolute atomic E-state index is 0.141. The van der Waals surface area contributed by atoms with Crippen molar-refractivity contribution >= 4 is 22.0 Å². The highest BCUT2D eigenvalue weighted by Gasteiger charge is 2.36. The predicted octanol–water partition coefficient (Wildman–Crippen LogP) is 3.62. The summed E-state index contributed by atoms with van der Waals surface area (Å²) < 4.78 is 29.5. The van der Waals surface area contributed by atoms with Crippen molar-refractivity contribution in [3.63, 3.8) is 0 Å². The number of hydrogen-bond acceptors (Lipinski definition) is 3. The van der Waals surface area contributed by atoms with Gasteiger partial charge in [-0.05, 0) is 50.0 Å². The third kappa shape index (κ3) is 5.61. The maximum Gasteiger partial charge on any atom is 0.238 e. The molecule has 30 heavy (non-hydrogen) atoms. The number of aryl methyl sites for hydroxylation is 1. The van der Waals surface area contributed by atoms with Crippen LogP contribution in [0.4, 0.5) is 0 Å². The third-order valence-electron chi connectivity index (χ3n) is 5.62. The van der Waals surface area contributed by atoms with Crippen LogP contribution in [0.2, 0.25) is 0 Å².